The molecule has 1 amide bonds. The van der Waals surface area contributed by atoms with Gasteiger partial charge in [0.1, 0.15) is 5.75 Å². The van der Waals surface area contributed by atoms with Crippen molar-refractivity contribution in [2.45, 2.75) is 13.5 Å². The highest BCUT2D eigenvalue weighted by Gasteiger charge is 2.16. The highest BCUT2D eigenvalue weighted by Crippen LogP contribution is 2.25. The van der Waals surface area contributed by atoms with E-state index in [4.69, 9.17) is 10.5 Å². The smallest absolute Gasteiger partial charge is 0.254 e. The number of amides is 1. The number of hydrogen-bond acceptors (Lipinski definition) is 4. The highest BCUT2D eigenvalue weighted by atomic mass is 79.9. The minimum Gasteiger partial charge on any atom is -0.495 e. The summed E-state index contributed by atoms with van der Waals surface area (Å²) in [7, 11) is 1.54. The molecular weight excluding hydrogens is 352 g/mol. The van der Waals surface area contributed by atoms with E-state index < -0.39 is 0 Å². The lowest BCUT2D eigenvalue weighted by molar-refractivity contribution is 0.0754. The molecule has 0 unspecified atom stereocenters. The predicted octanol–water partition coefficient (Wildman–Crippen LogP) is 3.76. The maximum absolute atomic E-state index is 12.6. The Labute approximate surface area is 136 Å². The Bertz CT molecular complexity index is 642. The van der Waals surface area contributed by atoms with Gasteiger partial charge < -0.3 is 15.4 Å². The molecule has 0 radical (unpaired) electrons. The largest absolute Gasteiger partial charge is 0.495 e. The van der Waals surface area contributed by atoms with Gasteiger partial charge in [-0.3, -0.25) is 4.79 Å². The quantitative estimate of drug-likeness (QED) is 0.817. The average molecular weight is 369 g/mol. The minimum atomic E-state index is -0.0275. The van der Waals surface area contributed by atoms with Crippen LogP contribution in [-0.4, -0.2) is 24.5 Å². The molecule has 0 aliphatic heterocycles. The van der Waals surface area contributed by atoms with Crippen LogP contribution in [0, 0.1) is 0 Å². The molecule has 0 saturated heterocycles. The minimum absolute atomic E-state index is 0.0275. The first kappa shape index (κ1) is 15.9. The zero-order valence-electron chi connectivity index (χ0n) is 11.9. The lowest BCUT2D eigenvalue weighted by Crippen LogP contribution is -2.30. The van der Waals surface area contributed by atoms with Gasteiger partial charge in [-0.25, -0.2) is 0 Å². The van der Waals surface area contributed by atoms with Crippen molar-refractivity contribution in [3.8, 4) is 5.75 Å². The number of carbonyl (C=O) groups is 1. The number of thiophene rings is 1. The van der Waals surface area contributed by atoms with E-state index in [2.05, 4.69) is 15.9 Å². The fraction of sp³-hybridized carbons (Fsp3) is 0.267. The first-order valence-corrected chi connectivity index (χ1v) is 8.13. The molecule has 1 aromatic carbocycles. The Kier molecular flexibility index (Phi) is 5.25. The summed E-state index contributed by atoms with van der Waals surface area (Å²) >= 11 is 5.07. The van der Waals surface area contributed by atoms with Crippen molar-refractivity contribution < 1.29 is 9.53 Å². The van der Waals surface area contributed by atoms with E-state index in [1.165, 1.54) is 0 Å². The second-order valence-corrected chi connectivity index (χ2v) is 7.03. The molecule has 2 rings (SSSR count). The van der Waals surface area contributed by atoms with Crippen molar-refractivity contribution in [3.63, 3.8) is 0 Å². The number of benzene rings is 1. The Balaban J connectivity index is 2.19. The molecule has 4 nitrogen and oxygen atoms in total. The van der Waals surface area contributed by atoms with Crippen LogP contribution in [-0.2, 0) is 6.54 Å². The zero-order chi connectivity index (χ0) is 15.4. The van der Waals surface area contributed by atoms with Crippen molar-refractivity contribution in [2.24, 2.45) is 0 Å². The van der Waals surface area contributed by atoms with Crippen LogP contribution < -0.4 is 10.5 Å². The van der Waals surface area contributed by atoms with Gasteiger partial charge in [0, 0.05) is 17.0 Å². The fourth-order valence-electron chi connectivity index (χ4n) is 1.98. The molecule has 0 atom stereocenters. The van der Waals surface area contributed by atoms with E-state index >= 15 is 0 Å². The number of anilines is 1. The molecule has 21 heavy (non-hydrogen) atoms. The average Bonchev–Trinajstić information content (AvgIpc) is 2.90. The number of ether oxygens (including phenoxy) is 1. The number of nitrogens with two attached hydrogens (primary N) is 1. The molecule has 1 aromatic heterocycles. The molecule has 0 fully saturated rings. The number of rotatable bonds is 5. The maximum atomic E-state index is 12.6. The third-order valence-electron chi connectivity index (χ3n) is 3.12. The van der Waals surface area contributed by atoms with Gasteiger partial charge in [0.05, 0.1) is 23.1 Å². The molecule has 0 saturated carbocycles. The second-order valence-electron chi connectivity index (χ2n) is 4.48. The van der Waals surface area contributed by atoms with Crippen LogP contribution in [0.15, 0.2) is 34.1 Å². The fourth-order valence-corrected chi connectivity index (χ4v) is 3.48. The van der Waals surface area contributed by atoms with Gasteiger partial charge in [-0.15, -0.1) is 11.3 Å². The molecule has 1 heterocycles. The molecule has 112 valence electrons. The Hall–Kier alpha value is -1.53. The SMILES string of the molecule is CCN(Cc1ccc(Br)s1)C(=O)c1ccc(N)c(OC)c1. The van der Waals surface area contributed by atoms with Crippen molar-refractivity contribution >= 4 is 38.9 Å². The van der Waals surface area contributed by atoms with Crippen LogP contribution in [0.5, 0.6) is 5.75 Å². The van der Waals surface area contributed by atoms with Gasteiger partial charge in [0.15, 0.2) is 0 Å². The summed E-state index contributed by atoms with van der Waals surface area (Å²) in [6.45, 7) is 3.20. The van der Waals surface area contributed by atoms with E-state index in [0.717, 1.165) is 8.66 Å². The van der Waals surface area contributed by atoms with Crippen molar-refractivity contribution in [1.29, 1.82) is 0 Å². The Morgan fingerprint density at radius 1 is 1.38 bits per heavy atom. The van der Waals surface area contributed by atoms with Gasteiger partial charge in [0.2, 0.25) is 0 Å². The topological polar surface area (TPSA) is 55.6 Å². The first-order chi connectivity index (χ1) is 10.0. The summed E-state index contributed by atoms with van der Waals surface area (Å²) in [5.74, 6) is 0.496. The van der Waals surface area contributed by atoms with E-state index in [1.54, 1.807) is 41.5 Å². The lowest BCUT2D eigenvalue weighted by Gasteiger charge is -2.20. The molecule has 0 aliphatic rings. The number of hydrogen-bond donors (Lipinski definition) is 1. The molecular formula is C15H17BrN2O2S. The first-order valence-electron chi connectivity index (χ1n) is 6.52. The molecule has 0 spiro atoms. The Morgan fingerprint density at radius 2 is 2.14 bits per heavy atom. The number of halogens is 1. The predicted molar refractivity (Wildman–Crippen MR) is 89.8 cm³/mol. The van der Waals surface area contributed by atoms with Crippen molar-refractivity contribution in [2.75, 3.05) is 19.4 Å². The molecule has 2 aromatic rings. The third-order valence-corrected chi connectivity index (χ3v) is 4.73. The molecule has 6 heteroatoms. The zero-order valence-corrected chi connectivity index (χ0v) is 14.3. The van der Waals surface area contributed by atoms with Crippen LogP contribution in [0.2, 0.25) is 0 Å². The lowest BCUT2D eigenvalue weighted by atomic mass is 10.1. The monoisotopic (exact) mass is 368 g/mol. The third kappa shape index (κ3) is 3.77. The summed E-state index contributed by atoms with van der Waals surface area (Å²) in [6.07, 6.45) is 0. The van der Waals surface area contributed by atoms with E-state index in [0.29, 0.717) is 30.1 Å². The standard InChI is InChI=1S/C15H17BrN2O2S/c1-3-18(9-11-5-7-14(16)21-11)15(19)10-4-6-12(17)13(8-10)20-2/h4-8H,3,9,17H2,1-2H3. The number of carbonyl (C=O) groups excluding carboxylic acids is 1. The summed E-state index contributed by atoms with van der Waals surface area (Å²) in [5, 5.41) is 0. The number of nitrogen functional groups attached to an aromatic ring is 1. The van der Waals surface area contributed by atoms with Gasteiger partial charge in [0.25, 0.3) is 5.91 Å². The van der Waals surface area contributed by atoms with E-state index in [9.17, 15) is 4.79 Å². The van der Waals surface area contributed by atoms with Gasteiger partial charge >= 0.3 is 0 Å². The molecule has 0 aliphatic carbocycles. The normalized spacial score (nSPS) is 10.4. The van der Waals surface area contributed by atoms with Crippen molar-refractivity contribution in [1.82, 2.24) is 4.90 Å². The van der Waals surface area contributed by atoms with E-state index in [-0.39, 0.29) is 5.91 Å². The summed E-state index contributed by atoms with van der Waals surface area (Å²) in [6, 6.07) is 9.12. The summed E-state index contributed by atoms with van der Waals surface area (Å²) in [4.78, 5) is 15.5. The van der Waals surface area contributed by atoms with Gasteiger partial charge in [-0.2, -0.15) is 0 Å². The van der Waals surface area contributed by atoms with E-state index in [1.807, 2.05) is 19.1 Å². The van der Waals surface area contributed by atoms with Crippen LogP contribution in [0.25, 0.3) is 0 Å². The summed E-state index contributed by atoms with van der Waals surface area (Å²) < 4.78 is 6.24. The van der Waals surface area contributed by atoms with Crippen LogP contribution in [0.3, 0.4) is 0 Å². The number of methoxy groups -OCH3 is 1. The second kappa shape index (κ2) is 6.95. The van der Waals surface area contributed by atoms with Gasteiger partial charge in [-0.1, -0.05) is 0 Å². The van der Waals surface area contributed by atoms with Crippen LogP contribution in [0.4, 0.5) is 5.69 Å². The van der Waals surface area contributed by atoms with Crippen molar-refractivity contribution in [3.05, 3.63) is 44.6 Å². The molecule has 0 bridgehead atoms. The van der Waals surface area contributed by atoms with Crippen LogP contribution in [0.1, 0.15) is 22.2 Å². The maximum Gasteiger partial charge on any atom is 0.254 e. The Morgan fingerprint density at radius 3 is 2.71 bits per heavy atom. The highest BCUT2D eigenvalue weighted by molar-refractivity contribution is 9.11. The summed E-state index contributed by atoms with van der Waals surface area (Å²) in [5.41, 5.74) is 6.89. The van der Waals surface area contributed by atoms with Gasteiger partial charge in [-0.05, 0) is 53.2 Å². The number of nitrogens with zero attached hydrogens (tertiary/aromatic N) is 1. The molecule has 2 N–H and O–H groups in total. The van der Waals surface area contributed by atoms with Crippen LogP contribution >= 0.6 is 27.3 Å².